The molecule has 0 saturated carbocycles. The fourth-order valence-corrected chi connectivity index (χ4v) is 5.98. The zero-order valence-electron chi connectivity index (χ0n) is 22.6. The summed E-state index contributed by atoms with van der Waals surface area (Å²) in [5.74, 6) is -0.109. The van der Waals surface area contributed by atoms with Gasteiger partial charge in [0.05, 0.1) is 35.0 Å². The third-order valence-corrected chi connectivity index (χ3v) is 8.63. The predicted molar refractivity (Wildman–Crippen MR) is 151 cm³/mol. The molecule has 3 N–H and O–H groups in total. The van der Waals surface area contributed by atoms with E-state index in [1.807, 2.05) is 37.3 Å². The number of nitrogens with zero attached hydrogens (tertiary/aromatic N) is 2. The molecule has 1 atom stereocenters. The van der Waals surface area contributed by atoms with Gasteiger partial charge in [0.1, 0.15) is 11.6 Å². The first-order chi connectivity index (χ1) is 19.1. The molecule has 1 unspecified atom stereocenters. The van der Waals surface area contributed by atoms with Crippen molar-refractivity contribution in [3.8, 4) is 5.75 Å². The number of nitrogens with one attached hydrogen (secondary N) is 3. The molecule has 0 spiro atoms. The van der Waals surface area contributed by atoms with Crippen molar-refractivity contribution in [2.24, 2.45) is 0 Å². The predicted octanol–water partition coefficient (Wildman–Crippen LogP) is 4.10. The summed E-state index contributed by atoms with van der Waals surface area (Å²) in [4.78, 5) is 12.5. The SMILES string of the molecule is COc1cccc2c1c(NS(=O)(=O)c1ccc(C)c(F)c1)nn2Cc1cccc(CNC(=O)C2(C)CCCN2)c1. The van der Waals surface area contributed by atoms with Crippen molar-refractivity contribution in [3.63, 3.8) is 0 Å². The van der Waals surface area contributed by atoms with E-state index in [-0.39, 0.29) is 16.6 Å². The van der Waals surface area contributed by atoms with Gasteiger partial charge in [0.15, 0.2) is 5.82 Å². The molecule has 0 radical (unpaired) electrons. The van der Waals surface area contributed by atoms with Crippen molar-refractivity contribution >= 4 is 32.7 Å². The molecule has 1 amide bonds. The van der Waals surface area contributed by atoms with E-state index in [0.717, 1.165) is 36.6 Å². The molecule has 4 aromatic rings. The Morgan fingerprint density at radius 3 is 2.65 bits per heavy atom. The van der Waals surface area contributed by atoms with Crippen LogP contribution in [0.15, 0.2) is 65.6 Å². The highest BCUT2D eigenvalue weighted by atomic mass is 32.2. The number of amides is 1. The highest BCUT2D eigenvalue weighted by molar-refractivity contribution is 7.92. The summed E-state index contributed by atoms with van der Waals surface area (Å²) < 4.78 is 50.2. The maximum Gasteiger partial charge on any atom is 0.263 e. The van der Waals surface area contributed by atoms with Gasteiger partial charge in [0, 0.05) is 6.54 Å². The number of ether oxygens (including phenoxy) is 1. The number of carbonyl (C=O) groups is 1. The van der Waals surface area contributed by atoms with Crippen LogP contribution in [0.4, 0.5) is 10.2 Å². The molecule has 9 nitrogen and oxygen atoms in total. The van der Waals surface area contributed by atoms with Crippen LogP contribution in [-0.4, -0.2) is 43.3 Å². The maximum atomic E-state index is 14.1. The molecule has 40 heavy (non-hydrogen) atoms. The largest absolute Gasteiger partial charge is 0.496 e. The summed E-state index contributed by atoms with van der Waals surface area (Å²) in [6, 6.07) is 16.9. The number of hydrogen-bond acceptors (Lipinski definition) is 6. The summed E-state index contributed by atoms with van der Waals surface area (Å²) in [6.07, 6.45) is 1.78. The van der Waals surface area contributed by atoms with Gasteiger partial charge in [-0.3, -0.25) is 14.2 Å². The Kier molecular flexibility index (Phi) is 7.52. The lowest BCUT2D eigenvalue weighted by atomic mass is 9.99. The van der Waals surface area contributed by atoms with Crippen LogP contribution in [0.5, 0.6) is 5.75 Å². The number of methoxy groups -OCH3 is 1. The van der Waals surface area contributed by atoms with Crippen LogP contribution in [0, 0.1) is 12.7 Å². The van der Waals surface area contributed by atoms with Crippen molar-refractivity contribution < 1.29 is 22.3 Å². The molecular formula is C29H32FN5O4S. The molecular weight excluding hydrogens is 533 g/mol. The number of fused-ring (bicyclic) bond motifs is 1. The first kappa shape index (κ1) is 27.6. The third kappa shape index (κ3) is 5.52. The van der Waals surface area contributed by atoms with Gasteiger partial charge in [0.25, 0.3) is 10.0 Å². The fraction of sp³-hybridized carbons (Fsp3) is 0.310. The molecule has 0 aliphatic carbocycles. The number of hydrogen-bond donors (Lipinski definition) is 3. The number of aromatic nitrogens is 2. The van der Waals surface area contributed by atoms with E-state index in [1.54, 1.807) is 23.7 Å². The van der Waals surface area contributed by atoms with E-state index in [0.29, 0.717) is 35.3 Å². The van der Waals surface area contributed by atoms with Crippen molar-refractivity contribution in [2.45, 2.75) is 50.2 Å². The van der Waals surface area contributed by atoms with Gasteiger partial charge in [-0.05, 0) is 74.2 Å². The summed E-state index contributed by atoms with van der Waals surface area (Å²) in [7, 11) is -2.63. The van der Waals surface area contributed by atoms with Gasteiger partial charge in [-0.1, -0.05) is 36.4 Å². The average molecular weight is 566 g/mol. The molecule has 1 saturated heterocycles. The second-order valence-corrected chi connectivity index (χ2v) is 11.9. The molecule has 3 aromatic carbocycles. The van der Waals surface area contributed by atoms with E-state index in [1.165, 1.54) is 19.2 Å². The smallest absolute Gasteiger partial charge is 0.263 e. The number of halogens is 1. The number of benzene rings is 3. The molecule has 1 aromatic heterocycles. The Bertz CT molecular complexity index is 1680. The van der Waals surface area contributed by atoms with Crippen LogP contribution in [0.1, 0.15) is 36.5 Å². The summed E-state index contributed by atoms with van der Waals surface area (Å²) in [5.41, 5.74) is 2.31. The molecule has 210 valence electrons. The molecule has 0 bridgehead atoms. The number of carbonyl (C=O) groups excluding carboxylic acids is 1. The Labute approximate surface area is 232 Å². The fourth-order valence-electron chi connectivity index (χ4n) is 4.96. The highest BCUT2D eigenvalue weighted by Crippen LogP contribution is 2.34. The Morgan fingerprint density at radius 2 is 1.93 bits per heavy atom. The van der Waals surface area contributed by atoms with E-state index in [9.17, 15) is 17.6 Å². The topological polar surface area (TPSA) is 114 Å². The highest BCUT2D eigenvalue weighted by Gasteiger charge is 2.35. The number of sulfonamides is 1. The second-order valence-electron chi connectivity index (χ2n) is 10.2. The van der Waals surface area contributed by atoms with Crippen molar-refractivity contribution in [1.82, 2.24) is 20.4 Å². The first-order valence-corrected chi connectivity index (χ1v) is 14.5. The van der Waals surface area contributed by atoms with Crippen LogP contribution in [0.25, 0.3) is 10.9 Å². The van der Waals surface area contributed by atoms with Gasteiger partial charge >= 0.3 is 0 Å². The van der Waals surface area contributed by atoms with Crippen molar-refractivity contribution in [2.75, 3.05) is 18.4 Å². The van der Waals surface area contributed by atoms with E-state index < -0.39 is 21.4 Å². The van der Waals surface area contributed by atoms with Crippen molar-refractivity contribution in [3.05, 3.63) is 83.2 Å². The monoisotopic (exact) mass is 565 g/mol. The van der Waals surface area contributed by atoms with Crippen LogP contribution >= 0.6 is 0 Å². The van der Waals surface area contributed by atoms with Crippen LogP contribution in [-0.2, 0) is 27.9 Å². The minimum absolute atomic E-state index is 0.0223. The van der Waals surface area contributed by atoms with E-state index in [2.05, 4.69) is 20.5 Å². The minimum Gasteiger partial charge on any atom is -0.496 e. The Balaban J connectivity index is 1.42. The van der Waals surface area contributed by atoms with Gasteiger partial charge < -0.3 is 15.4 Å². The van der Waals surface area contributed by atoms with Gasteiger partial charge in [-0.2, -0.15) is 5.10 Å². The van der Waals surface area contributed by atoms with Crippen molar-refractivity contribution in [1.29, 1.82) is 0 Å². The van der Waals surface area contributed by atoms with Crippen LogP contribution in [0.2, 0.25) is 0 Å². The molecule has 1 fully saturated rings. The van der Waals surface area contributed by atoms with E-state index in [4.69, 9.17) is 4.74 Å². The number of rotatable bonds is 9. The molecule has 5 rings (SSSR count). The zero-order valence-corrected chi connectivity index (χ0v) is 23.4. The van der Waals surface area contributed by atoms with Gasteiger partial charge in [-0.25, -0.2) is 12.8 Å². The lowest BCUT2D eigenvalue weighted by Crippen LogP contribution is -2.50. The minimum atomic E-state index is -4.13. The lowest BCUT2D eigenvalue weighted by Gasteiger charge is -2.23. The molecule has 2 heterocycles. The Hall–Kier alpha value is -3.96. The van der Waals surface area contributed by atoms with Crippen LogP contribution in [0.3, 0.4) is 0 Å². The zero-order chi connectivity index (χ0) is 28.5. The van der Waals surface area contributed by atoms with Gasteiger partial charge in [0.2, 0.25) is 5.91 Å². The summed E-state index contributed by atoms with van der Waals surface area (Å²) in [5, 5.41) is 11.4. The quantitative estimate of drug-likeness (QED) is 0.282. The lowest BCUT2D eigenvalue weighted by molar-refractivity contribution is -0.126. The summed E-state index contributed by atoms with van der Waals surface area (Å²) >= 11 is 0. The molecule has 1 aliphatic heterocycles. The standard InChI is InChI=1S/C29H32FN5O4S/c1-19-11-12-22(16-23(19)30)40(37,38)34-27-26-24(9-5-10-25(26)39-3)35(33-27)18-21-8-4-7-20(15-21)17-31-28(36)29(2)13-6-14-32-29/h4-5,7-12,15-16,32H,6,13-14,17-18H2,1-3H3,(H,31,36)(H,33,34). The first-order valence-electron chi connectivity index (χ1n) is 13.0. The number of aryl methyl sites for hydroxylation is 1. The maximum absolute atomic E-state index is 14.1. The normalized spacial score (nSPS) is 17.2. The molecule has 11 heteroatoms. The molecule has 1 aliphatic rings. The van der Waals surface area contributed by atoms with E-state index >= 15 is 0 Å². The number of anilines is 1. The van der Waals surface area contributed by atoms with Crippen LogP contribution < -0.4 is 20.1 Å². The second kappa shape index (κ2) is 10.9. The average Bonchev–Trinajstić information content (AvgIpc) is 3.53. The van der Waals surface area contributed by atoms with Gasteiger partial charge in [-0.15, -0.1) is 0 Å². The summed E-state index contributed by atoms with van der Waals surface area (Å²) in [6.45, 7) is 5.04. The third-order valence-electron chi connectivity index (χ3n) is 7.29. The Morgan fingerprint density at radius 1 is 1.15 bits per heavy atom.